The number of benzene rings is 1. The van der Waals surface area contributed by atoms with Crippen molar-refractivity contribution in [2.75, 3.05) is 39.8 Å². The van der Waals surface area contributed by atoms with E-state index in [0.29, 0.717) is 19.7 Å². The number of halogens is 1. The van der Waals surface area contributed by atoms with Gasteiger partial charge in [-0.3, -0.25) is 0 Å². The minimum Gasteiger partial charge on any atom is -0.372 e. The summed E-state index contributed by atoms with van der Waals surface area (Å²) in [5, 5.41) is 0.270. The molecule has 122 valence electrons. The predicted molar refractivity (Wildman–Crippen MR) is 85.6 cm³/mol. The van der Waals surface area contributed by atoms with Gasteiger partial charge in [-0.15, -0.1) is 0 Å². The molecule has 2 aliphatic rings. The number of piperidine rings is 1. The topological polar surface area (TPSA) is 49.9 Å². The number of sulfonamides is 1. The average Bonchev–Trinajstić information content (AvgIpc) is 2.51. The first-order valence-corrected chi connectivity index (χ1v) is 9.32. The van der Waals surface area contributed by atoms with Gasteiger partial charge in [-0.25, -0.2) is 8.42 Å². The Labute approximate surface area is 136 Å². The molecule has 0 aromatic heterocycles. The van der Waals surface area contributed by atoms with E-state index in [2.05, 4.69) is 11.9 Å². The zero-order chi connectivity index (χ0) is 15.8. The third-order valence-corrected chi connectivity index (χ3v) is 6.91. The Morgan fingerprint density at radius 2 is 1.86 bits per heavy atom. The van der Waals surface area contributed by atoms with Gasteiger partial charge in [-0.1, -0.05) is 23.7 Å². The largest absolute Gasteiger partial charge is 0.372 e. The van der Waals surface area contributed by atoms with E-state index in [1.807, 2.05) is 0 Å². The Balaban J connectivity index is 1.84. The Morgan fingerprint density at radius 1 is 1.18 bits per heavy atom. The van der Waals surface area contributed by atoms with E-state index in [0.717, 1.165) is 25.9 Å². The maximum Gasteiger partial charge on any atom is 0.244 e. The van der Waals surface area contributed by atoms with Crippen molar-refractivity contribution in [3.05, 3.63) is 29.3 Å². The average molecular weight is 345 g/mol. The van der Waals surface area contributed by atoms with Crippen molar-refractivity contribution in [1.82, 2.24) is 9.21 Å². The van der Waals surface area contributed by atoms with E-state index in [4.69, 9.17) is 16.3 Å². The highest BCUT2D eigenvalue weighted by Crippen LogP contribution is 2.33. The molecule has 0 amide bonds. The summed E-state index contributed by atoms with van der Waals surface area (Å²) in [4.78, 5) is 2.43. The van der Waals surface area contributed by atoms with Crippen molar-refractivity contribution >= 4 is 21.6 Å². The van der Waals surface area contributed by atoms with Gasteiger partial charge < -0.3 is 9.64 Å². The molecule has 22 heavy (non-hydrogen) atoms. The van der Waals surface area contributed by atoms with Crippen molar-refractivity contribution in [1.29, 1.82) is 0 Å². The Bertz CT molecular complexity index is 642. The highest BCUT2D eigenvalue weighted by atomic mass is 35.5. The summed E-state index contributed by atoms with van der Waals surface area (Å²) < 4.78 is 33.3. The van der Waals surface area contributed by atoms with Crippen LogP contribution in [0.2, 0.25) is 5.02 Å². The third kappa shape index (κ3) is 3.03. The van der Waals surface area contributed by atoms with Gasteiger partial charge in [0.2, 0.25) is 10.0 Å². The van der Waals surface area contributed by atoms with Crippen LogP contribution in [0.1, 0.15) is 12.8 Å². The second-order valence-electron chi connectivity index (χ2n) is 6.10. The van der Waals surface area contributed by atoms with Crippen LogP contribution < -0.4 is 0 Å². The second-order valence-corrected chi connectivity index (χ2v) is 8.42. The van der Waals surface area contributed by atoms with Gasteiger partial charge in [0.1, 0.15) is 4.90 Å². The zero-order valence-electron chi connectivity index (χ0n) is 12.7. The fraction of sp³-hybridized carbons (Fsp3) is 0.600. The standard InChI is InChI=1S/C15H21ClN2O3S/c1-17-8-6-15(7-9-17)12-18(10-11-21-15)22(19,20)14-5-3-2-4-13(14)16/h2-5H,6-12H2,1H3. The lowest BCUT2D eigenvalue weighted by Crippen LogP contribution is -2.57. The van der Waals surface area contributed by atoms with Crippen molar-refractivity contribution in [3.63, 3.8) is 0 Å². The van der Waals surface area contributed by atoms with Crippen LogP contribution in [0, 0.1) is 0 Å². The molecule has 0 bridgehead atoms. The van der Waals surface area contributed by atoms with E-state index >= 15 is 0 Å². The fourth-order valence-corrected chi connectivity index (χ4v) is 5.13. The van der Waals surface area contributed by atoms with Crippen LogP contribution in [0.15, 0.2) is 29.2 Å². The highest BCUT2D eigenvalue weighted by Gasteiger charge is 2.43. The summed E-state index contributed by atoms with van der Waals surface area (Å²) in [5.41, 5.74) is -0.348. The van der Waals surface area contributed by atoms with E-state index in [1.165, 1.54) is 4.31 Å². The maximum atomic E-state index is 12.9. The monoisotopic (exact) mass is 344 g/mol. The van der Waals surface area contributed by atoms with Gasteiger partial charge in [0, 0.05) is 26.2 Å². The van der Waals surface area contributed by atoms with Gasteiger partial charge in [0.25, 0.3) is 0 Å². The summed E-state index contributed by atoms with van der Waals surface area (Å²) in [6.45, 7) is 3.09. The Kier molecular flexibility index (Phi) is 4.49. The third-order valence-electron chi connectivity index (χ3n) is 4.57. The number of morpholine rings is 1. The van der Waals surface area contributed by atoms with Crippen LogP contribution in [-0.4, -0.2) is 63.1 Å². The molecule has 0 N–H and O–H groups in total. The zero-order valence-corrected chi connectivity index (χ0v) is 14.2. The molecule has 3 rings (SSSR count). The van der Waals surface area contributed by atoms with Crippen molar-refractivity contribution in [3.8, 4) is 0 Å². The van der Waals surface area contributed by atoms with Crippen molar-refractivity contribution in [2.45, 2.75) is 23.3 Å². The quantitative estimate of drug-likeness (QED) is 0.821. The highest BCUT2D eigenvalue weighted by molar-refractivity contribution is 7.89. The van der Waals surface area contributed by atoms with Crippen molar-refractivity contribution < 1.29 is 13.2 Å². The molecule has 0 saturated carbocycles. The molecule has 5 nitrogen and oxygen atoms in total. The van der Waals surface area contributed by atoms with Crippen LogP contribution in [0.25, 0.3) is 0 Å². The maximum absolute atomic E-state index is 12.9. The number of rotatable bonds is 2. The van der Waals surface area contributed by atoms with Crippen molar-refractivity contribution in [2.24, 2.45) is 0 Å². The minimum atomic E-state index is -3.57. The fourth-order valence-electron chi connectivity index (χ4n) is 3.14. The number of ether oxygens (including phenoxy) is 1. The summed E-state index contributed by atoms with van der Waals surface area (Å²) in [6.07, 6.45) is 1.72. The van der Waals surface area contributed by atoms with Crippen LogP contribution in [0.3, 0.4) is 0 Å². The predicted octanol–water partition coefficient (Wildman–Crippen LogP) is 1.83. The van der Waals surface area contributed by atoms with Crippen LogP contribution in [0.4, 0.5) is 0 Å². The first-order chi connectivity index (χ1) is 10.4. The molecule has 1 aromatic rings. The van der Waals surface area contributed by atoms with Crippen LogP contribution in [-0.2, 0) is 14.8 Å². The van der Waals surface area contributed by atoms with Crippen LogP contribution >= 0.6 is 11.6 Å². The first-order valence-electron chi connectivity index (χ1n) is 7.50. The minimum absolute atomic E-state index is 0.182. The molecule has 2 aliphatic heterocycles. The summed E-state index contributed by atoms with van der Waals surface area (Å²) in [5.74, 6) is 0. The number of hydrogen-bond donors (Lipinski definition) is 0. The molecule has 1 aromatic carbocycles. The smallest absolute Gasteiger partial charge is 0.244 e. The Hall–Kier alpha value is -0.660. The van der Waals surface area contributed by atoms with E-state index in [-0.39, 0.29) is 15.5 Å². The molecule has 2 heterocycles. The lowest BCUT2D eigenvalue weighted by molar-refractivity contribution is -0.117. The summed E-state index contributed by atoms with van der Waals surface area (Å²) in [6, 6.07) is 6.61. The lowest BCUT2D eigenvalue weighted by atomic mass is 9.90. The molecule has 7 heteroatoms. The molecule has 0 atom stereocenters. The van der Waals surface area contributed by atoms with Crippen LogP contribution in [0.5, 0.6) is 0 Å². The normalized spacial score (nSPS) is 23.7. The van der Waals surface area contributed by atoms with Gasteiger partial charge in [-0.05, 0) is 32.0 Å². The number of nitrogens with zero attached hydrogens (tertiary/aromatic N) is 2. The van der Waals surface area contributed by atoms with E-state index in [9.17, 15) is 8.42 Å². The molecular weight excluding hydrogens is 324 g/mol. The van der Waals surface area contributed by atoms with Gasteiger partial charge in [0.15, 0.2) is 0 Å². The molecule has 2 fully saturated rings. The lowest BCUT2D eigenvalue weighted by Gasteiger charge is -2.46. The van der Waals surface area contributed by atoms with Gasteiger partial charge in [-0.2, -0.15) is 4.31 Å². The molecule has 2 saturated heterocycles. The second kappa shape index (κ2) is 6.09. The summed E-state index contributed by atoms with van der Waals surface area (Å²) >= 11 is 6.08. The van der Waals surface area contributed by atoms with Gasteiger partial charge in [0.05, 0.1) is 17.2 Å². The molecule has 1 spiro atoms. The summed E-state index contributed by atoms with van der Waals surface area (Å²) in [7, 11) is -1.50. The Morgan fingerprint density at radius 3 is 2.55 bits per heavy atom. The number of hydrogen-bond acceptors (Lipinski definition) is 4. The SMILES string of the molecule is CN1CCC2(CC1)CN(S(=O)(=O)c1ccccc1Cl)CCO2. The number of likely N-dealkylation sites (tertiary alicyclic amines) is 1. The molecule has 0 unspecified atom stereocenters. The van der Waals surface area contributed by atoms with E-state index in [1.54, 1.807) is 24.3 Å². The van der Waals surface area contributed by atoms with Gasteiger partial charge >= 0.3 is 0 Å². The molecule has 0 aliphatic carbocycles. The molecule has 0 radical (unpaired) electrons. The molecular formula is C15H21ClN2O3S. The van der Waals surface area contributed by atoms with E-state index < -0.39 is 10.0 Å². The first kappa shape index (κ1) is 16.2.